The minimum Gasteiger partial charge on any atom is -0.377 e. The Balaban J connectivity index is 1.91. The van der Waals surface area contributed by atoms with Gasteiger partial charge in [-0.3, -0.25) is 0 Å². The zero-order valence-corrected chi connectivity index (χ0v) is 9.20. The molecule has 2 unspecified atom stereocenters. The third kappa shape index (κ3) is 2.79. The topological polar surface area (TPSA) is 49.9 Å². The van der Waals surface area contributed by atoms with Crippen molar-refractivity contribution >= 4 is 0 Å². The molecule has 84 valence electrons. The van der Waals surface area contributed by atoms with Crippen LogP contribution in [0.5, 0.6) is 0 Å². The average Bonchev–Trinajstić information content (AvgIpc) is 2.80. The van der Waals surface area contributed by atoms with Gasteiger partial charge in [0, 0.05) is 31.5 Å². The number of hydrogen-bond donors (Lipinski definition) is 2. The van der Waals surface area contributed by atoms with Gasteiger partial charge < -0.3 is 15.0 Å². The van der Waals surface area contributed by atoms with Gasteiger partial charge in [-0.05, 0) is 26.3 Å². The highest BCUT2D eigenvalue weighted by Crippen LogP contribution is 2.17. The van der Waals surface area contributed by atoms with E-state index in [-0.39, 0.29) is 0 Å². The number of likely N-dealkylation sites (N-methyl/N-ethyl adjacent to an activating group) is 1. The van der Waals surface area contributed by atoms with E-state index in [1.165, 1.54) is 12.8 Å². The predicted octanol–water partition coefficient (Wildman–Crippen LogP) is 1.11. The minimum atomic E-state index is 0.342. The number of rotatable bonds is 4. The smallest absolute Gasteiger partial charge is 0.107 e. The lowest BCUT2D eigenvalue weighted by Crippen LogP contribution is -2.42. The van der Waals surface area contributed by atoms with Gasteiger partial charge in [0.2, 0.25) is 0 Å². The van der Waals surface area contributed by atoms with Gasteiger partial charge in [-0.2, -0.15) is 0 Å². The van der Waals surface area contributed by atoms with E-state index in [0.29, 0.717) is 12.1 Å². The molecule has 1 aliphatic heterocycles. The SMILES string of the molecule is CNC(Cc1ncc[nH]1)C1CCCCO1. The fourth-order valence-electron chi connectivity index (χ4n) is 2.12. The standard InChI is InChI=1S/C11H19N3O/c1-12-9(8-11-13-5-6-14-11)10-4-2-3-7-15-10/h5-6,9-10,12H,2-4,7-8H2,1H3,(H,13,14). The van der Waals surface area contributed by atoms with Crippen molar-refractivity contribution in [2.24, 2.45) is 0 Å². The lowest BCUT2D eigenvalue weighted by atomic mass is 9.99. The monoisotopic (exact) mass is 209 g/mol. The zero-order chi connectivity index (χ0) is 10.5. The number of nitrogens with one attached hydrogen (secondary N) is 2. The van der Waals surface area contributed by atoms with E-state index in [0.717, 1.165) is 25.3 Å². The Morgan fingerprint density at radius 1 is 1.67 bits per heavy atom. The Kier molecular flexibility index (Phi) is 3.75. The summed E-state index contributed by atoms with van der Waals surface area (Å²) in [5, 5.41) is 3.33. The molecule has 1 aliphatic rings. The molecule has 1 aromatic rings. The van der Waals surface area contributed by atoms with Crippen molar-refractivity contribution < 1.29 is 4.74 Å². The molecule has 1 fully saturated rings. The molecule has 2 heterocycles. The number of aromatic nitrogens is 2. The fourth-order valence-corrected chi connectivity index (χ4v) is 2.12. The maximum atomic E-state index is 5.78. The number of ether oxygens (including phenoxy) is 1. The van der Waals surface area contributed by atoms with Crippen molar-refractivity contribution in [1.29, 1.82) is 0 Å². The van der Waals surface area contributed by atoms with Crippen LogP contribution < -0.4 is 5.32 Å². The first kappa shape index (κ1) is 10.6. The molecule has 15 heavy (non-hydrogen) atoms. The van der Waals surface area contributed by atoms with Crippen LogP contribution in [-0.4, -0.2) is 35.8 Å². The number of aromatic amines is 1. The summed E-state index contributed by atoms with van der Waals surface area (Å²) in [5.74, 6) is 1.03. The number of imidazole rings is 1. The van der Waals surface area contributed by atoms with Crippen molar-refractivity contribution in [3.05, 3.63) is 18.2 Å². The van der Waals surface area contributed by atoms with Crippen LogP contribution in [0.3, 0.4) is 0 Å². The first-order chi connectivity index (χ1) is 7.40. The lowest BCUT2D eigenvalue weighted by Gasteiger charge is -2.29. The highest BCUT2D eigenvalue weighted by Gasteiger charge is 2.23. The summed E-state index contributed by atoms with van der Waals surface area (Å²) in [6, 6.07) is 0.372. The van der Waals surface area contributed by atoms with Gasteiger partial charge in [-0.1, -0.05) is 0 Å². The summed E-state index contributed by atoms with van der Waals surface area (Å²) in [5.41, 5.74) is 0. The van der Waals surface area contributed by atoms with Crippen molar-refractivity contribution in [3.63, 3.8) is 0 Å². The number of hydrogen-bond acceptors (Lipinski definition) is 3. The van der Waals surface area contributed by atoms with Crippen LogP contribution in [0, 0.1) is 0 Å². The van der Waals surface area contributed by atoms with E-state index in [1.807, 2.05) is 13.2 Å². The summed E-state index contributed by atoms with van der Waals surface area (Å²) >= 11 is 0. The maximum Gasteiger partial charge on any atom is 0.107 e. The Labute approximate surface area is 90.4 Å². The van der Waals surface area contributed by atoms with Crippen LogP contribution in [0.4, 0.5) is 0 Å². The van der Waals surface area contributed by atoms with Crippen LogP contribution in [-0.2, 0) is 11.2 Å². The van der Waals surface area contributed by atoms with E-state index < -0.39 is 0 Å². The molecule has 0 spiro atoms. The molecule has 2 rings (SSSR count). The molecule has 0 bridgehead atoms. The first-order valence-corrected chi connectivity index (χ1v) is 5.67. The second-order valence-corrected chi connectivity index (χ2v) is 4.04. The largest absolute Gasteiger partial charge is 0.377 e. The zero-order valence-electron chi connectivity index (χ0n) is 9.20. The molecule has 0 saturated carbocycles. The van der Waals surface area contributed by atoms with Gasteiger partial charge in [0.15, 0.2) is 0 Å². The van der Waals surface area contributed by atoms with Crippen LogP contribution in [0.2, 0.25) is 0 Å². The molecule has 0 radical (unpaired) electrons. The molecule has 1 aromatic heterocycles. The Hall–Kier alpha value is -0.870. The van der Waals surface area contributed by atoms with Crippen molar-refractivity contribution in [2.75, 3.05) is 13.7 Å². The van der Waals surface area contributed by atoms with Crippen molar-refractivity contribution in [3.8, 4) is 0 Å². The van der Waals surface area contributed by atoms with Gasteiger partial charge in [0.25, 0.3) is 0 Å². The van der Waals surface area contributed by atoms with E-state index in [9.17, 15) is 0 Å². The van der Waals surface area contributed by atoms with E-state index in [4.69, 9.17) is 4.74 Å². The van der Waals surface area contributed by atoms with Gasteiger partial charge in [0.1, 0.15) is 5.82 Å². The third-order valence-corrected chi connectivity index (χ3v) is 3.00. The van der Waals surface area contributed by atoms with Crippen LogP contribution in [0.1, 0.15) is 25.1 Å². The molecule has 4 nitrogen and oxygen atoms in total. The van der Waals surface area contributed by atoms with Crippen molar-refractivity contribution in [2.45, 2.75) is 37.8 Å². The highest BCUT2D eigenvalue weighted by atomic mass is 16.5. The molecule has 0 aromatic carbocycles. The molecule has 0 amide bonds. The summed E-state index contributed by atoms with van der Waals surface area (Å²) in [6.45, 7) is 0.904. The van der Waals surface area contributed by atoms with E-state index in [1.54, 1.807) is 6.20 Å². The van der Waals surface area contributed by atoms with Gasteiger partial charge >= 0.3 is 0 Å². The quantitative estimate of drug-likeness (QED) is 0.781. The molecule has 2 N–H and O–H groups in total. The van der Waals surface area contributed by atoms with Crippen LogP contribution in [0.25, 0.3) is 0 Å². The van der Waals surface area contributed by atoms with E-state index in [2.05, 4.69) is 15.3 Å². The van der Waals surface area contributed by atoms with Gasteiger partial charge in [0.05, 0.1) is 6.10 Å². The Bertz CT molecular complexity index is 267. The second-order valence-electron chi connectivity index (χ2n) is 4.04. The molecule has 4 heteroatoms. The highest BCUT2D eigenvalue weighted by molar-refractivity contribution is 4.93. The lowest BCUT2D eigenvalue weighted by molar-refractivity contribution is -0.00621. The minimum absolute atomic E-state index is 0.342. The summed E-state index contributed by atoms with van der Waals surface area (Å²) in [6.07, 6.45) is 8.55. The number of H-pyrrole nitrogens is 1. The Morgan fingerprint density at radius 2 is 2.60 bits per heavy atom. The van der Waals surface area contributed by atoms with Gasteiger partial charge in [-0.15, -0.1) is 0 Å². The van der Waals surface area contributed by atoms with Gasteiger partial charge in [-0.25, -0.2) is 4.98 Å². The van der Waals surface area contributed by atoms with Crippen LogP contribution >= 0.6 is 0 Å². The molecule has 2 atom stereocenters. The molecule has 1 saturated heterocycles. The molecular weight excluding hydrogens is 190 g/mol. The Morgan fingerprint density at radius 3 is 3.20 bits per heavy atom. The van der Waals surface area contributed by atoms with Crippen LogP contribution in [0.15, 0.2) is 12.4 Å². The van der Waals surface area contributed by atoms with Crippen molar-refractivity contribution in [1.82, 2.24) is 15.3 Å². The number of nitrogens with zero attached hydrogens (tertiary/aromatic N) is 1. The first-order valence-electron chi connectivity index (χ1n) is 5.67. The fraction of sp³-hybridized carbons (Fsp3) is 0.727. The summed E-state index contributed by atoms with van der Waals surface area (Å²) < 4.78 is 5.78. The summed E-state index contributed by atoms with van der Waals surface area (Å²) in [4.78, 5) is 7.38. The average molecular weight is 209 g/mol. The molecular formula is C11H19N3O. The predicted molar refractivity (Wildman–Crippen MR) is 58.7 cm³/mol. The molecule has 0 aliphatic carbocycles. The third-order valence-electron chi connectivity index (χ3n) is 3.00. The normalized spacial score (nSPS) is 23.9. The summed E-state index contributed by atoms with van der Waals surface area (Å²) in [7, 11) is 1.99. The van der Waals surface area contributed by atoms with E-state index >= 15 is 0 Å². The maximum absolute atomic E-state index is 5.78. The second kappa shape index (κ2) is 5.28.